The Bertz CT molecular complexity index is 303. The molecule has 0 saturated heterocycles. The van der Waals surface area contributed by atoms with Crippen molar-refractivity contribution < 1.29 is 4.39 Å². The second-order valence-corrected chi connectivity index (χ2v) is 3.19. The quantitative estimate of drug-likeness (QED) is 0.773. The van der Waals surface area contributed by atoms with Gasteiger partial charge in [-0.05, 0) is 13.3 Å². The van der Waals surface area contributed by atoms with Gasteiger partial charge in [0.1, 0.15) is 12.5 Å². The van der Waals surface area contributed by atoms with Crippen molar-refractivity contribution in [2.45, 2.75) is 33.0 Å². The lowest BCUT2D eigenvalue weighted by Crippen LogP contribution is -2.16. The molecule has 14 heavy (non-hydrogen) atoms. The Labute approximate surface area is 82.8 Å². The highest BCUT2D eigenvalue weighted by atomic mass is 19.1. The number of nitrogen functional groups attached to an aromatic ring is 1. The molecule has 0 fully saturated rings. The number of nitrogens with zero attached hydrogens (tertiary/aromatic N) is 2. The lowest BCUT2D eigenvalue weighted by atomic mass is 10.2. The molecule has 5 heteroatoms. The van der Waals surface area contributed by atoms with Crippen LogP contribution in [0.1, 0.15) is 25.8 Å². The highest BCUT2D eigenvalue weighted by Crippen LogP contribution is 2.15. The van der Waals surface area contributed by atoms with E-state index in [4.69, 9.17) is 5.73 Å². The van der Waals surface area contributed by atoms with Crippen LogP contribution in [0.15, 0.2) is 6.20 Å². The van der Waals surface area contributed by atoms with E-state index >= 15 is 0 Å². The normalized spacial score (nSPS) is 12.5. The molecule has 1 aromatic rings. The fourth-order valence-electron chi connectivity index (χ4n) is 0.979. The maximum atomic E-state index is 12.5. The first-order chi connectivity index (χ1) is 6.67. The lowest BCUT2D eigenvalue weighted by molar-refractivity contribution is 0.483. The summed E-state index contributed by atoms with van der Waals surface area (Å²) in [6, 6.07) is 0.245. The number of hydrogen-bond acceptors (Lipinski definition) is 4. The summed E-state index contributed by atoms with van der Waals surface area (Å²) in [5.74, 6) is 0.655. The molecule has 0 spiro atoms. The van der Waals surface area contributed by atoms with Gasteiger partial charge < -0.3 is 11.1 Å². The standard InChI is InChI=1S/C9H15FN4/c1-3-6(2)13-8-7(4-10)5-12-9(11)14-8/h5-6H,3-4H2,1-2H3,(H3,11,12,13,14). The van der Waals surface area contributed by atoms with Crippen molar-refractivity contribution in [3.05, 3.63) is 11.8 Å². The van der Waals surface area contributed by atoms with Gasteiger partial charge >= 0.3 is 0 Å². The summed E-state index contributed by atoms with van der Waals surface area (Å²) >= 11 is 0. The van der Waals surface area contributed by atoms with Crippen LogP contribution in [-0.4, -0.2) is 16.0 Å². The zero-order chi connectivity index (χ0) is 10.6. The molecule has 1 rings (SSSR count). The van der Waals surface area contributed by atoms with E-state index in [1.54, 1.807) is 0 Å². The number of rotatable bonds is 4. The predicted molar refractivity (Wildman–Crippen MR) is 54.6 cm³/mol. The Morgan fingerprint density at radius 1 is 1.64 bits per heavy atom. The second kappa shape index (κ2) is 4.74. The molecule has 0 aromatic carbocycles. The molecule has 0 amide bonds. The molecular weight excluding hydrogens is 183 g/mol. The predicted octanol–water partition coefficient (Wildman–Crippen LogP) is 1.74. The molecule has 1 atom stereocenters. The molecule has 0 radical (unpaired) electrons. The van der Waals surface area contributed by atoms with Crippen LogP contribution in [0.3, 0.4) is 0 Å². The molecule has 1 aromatic heterocycles. The van der Waals surface area contributed by atoms with Crippen molar-refractivity contribution in [1.29, 1.82) is 0 Å². The fourth-order valence-corrected chi connectivity index (χ4v) is 0.979. The third-order valence-corrected chi connectivity index (χ3v) is 2.02. The Balaban J connectivity index is 2.87. The molecule has 0 bridgehead atoms. The van der Waals surface area contributed by atoms with Gasteiger partial charge in [0.15, 0.2) is 0 Å². The van der Waals surface area contributed by atoms with Gasteiger partial charge in [0.2, 0.25) is 5.95 Å². The number of nitrogens with one attached hydrogen (secondary N) is 1. The molecule has 1 heterocycles. The van der Waals surface area contributed by atoms with Crippen molar-refractivity contribution >= 4 is 11.8 Å². The summed E-state index contributed by atoms with van der Waals surface area (Å²) in [6.45, 7) is 3.46. The maximum absolute atomic E-state index is 12.5. The number of nitrogens with two attached hydrogens (primary N) is 1. The maximum Gasteiger partial charge on any atom is 0.221 e. The van der Waals surface area contributed by atoms with Gasteiger partial charge in [0.05, 0.1) is 0 Å². The highest BCUT2D eigenvalue weighted by molar-refractivity contribution is 5.46. The number of hydrogen-bond donors (Lipinski definition) is 2. The average Bonchev–Trinajstić information content (AvgIpc) is 2.18. The highest BCUT2D eigenvalue weighted by Gasteiger charge is 2.07. The van der Waals surface area contributed by atoms with Crippen LogP contribution >= 0.6 is 0 Å². The van der Waals surface area contributed by atoms with E-state index in [-0.39, 0.29) is 12.0 Å². The first-order valence-electron chi connectivity index (χ1n) is 4.61. The summed E-state index contributed by atoms with van der Waals surface area (Å²) in [6.07, 6.45) is 2.35. The van der Waals surface area contributed by atoms with Gasteiger partial charge in [-0.2, -0.15) is 4.98 Å². The number of anilines is 2. The largest absolute Gasteiger partial charge is 0.368 e. The Hall–Kier alpha value is -1.39. The van der Waals surface area contributed by atoms with Gasteiger partial charge in [-0.25, -0.2) is 9.37 Å². The van der Waals surface area contributed by atoms with E-state index in [2.05, 4.69) is 15.3 Å². The second-order valence-electron chi connectivity index (χ2n) is 3.19. The van der Waals surface area contributed by atoms with Gasteiger partial charge in [-0.15, -0.1) is 0 Å². The van der Waals surface area contributed by atoms with E-state index in [0.29, 0.717) is 11.4 Å². The SMILES string of the molecule is CCC(C)Nc1nc(N)ncc1CF. The monoisotopic (exact) mass is 198 g/mol. The first kappa shape index (κ1) is 10.7. The van der Waals surface area contributed by atoms with Crippen LogP contribution in [0.4, 0.5) is 16.2 Å². The van der Waals surface area contributed by atoms with Crippen molar-refractivity contribution in [3.63, 3.8) is 0 Å². The topological polar surface area (TPSA) is 63.8 Å². The summed E-state index contributed by atoms with van der Waals surface area (Å²) < 4.78 is 12.5. The van der Waals surface area contributed by atoms with Crippen LogP contribution in [0.2, 0.25) is 0 Å². The Morgan fingerprint density at radius 3 is 2.93 bits per heavy atom. The molecule has 3 N–H and O–H groups in total. The van der Waals surface area contributed by atoms with Crippen molar-refractivity contribution in [2.24, 2.45) is 0 Å². The first-order valence-corrected chi connectivity index (χ1v) is 4.61. The van der Waals surface area contributed by atoms with Crippen LogP contribution < -0.4 is 11.1 Å². The number of alkyl halides is 1. The Kier molecular flexibility index (Phi) is 3.62. The van der Waals surface area contributed by atoms with Crippen LogP contribution in [0.5, 0.6) is 0 Å². The summed E-state index contributed by atoms with van der Waals surface area (Å²) in [7, 11) is 0. The summed E-state index contributed by atoms with van der Waals surface area (Å²) in [5, 5.41) is 3.08. The van der Waals surface area contributed by atoms with Gasteiger partial charge in [-0.1, -0.05) is 6.92 Å². The van der Waals surface area contributed by atoms with Gasteiger partial charge in [-0.3, -0.25) is 0 Å². The molecule has 78 valence electrons. The summed E-state index contributed by atoms with van der Waals surface area (Å²) in [5.41, 5.74) is 5.86. The zero-order valence-corrected chi connectivity index (χ0v) is 8.42. The minimum absolute atomic E-state index is 0.160. The molecule has 1 unspecified atom stereocenters. The lowest BCUT2D eigenvalue weighted by Gasteiger charge is -2.14. The van der Waals surface area contributed by atoms with Gasteiger partial charge in [0.25, 0.3) is 0 Å². The van der Waals surface area contributed by atoms with Crippen molar-refractivity contribution in [2.75, 3.05) is 11.1 Å². The van der Waals surface area contributed by atoms with E-state index in [0.717, 1.165) is 6.42 Å². The molecular formula is C9H15FN4. The molecule has 0 aliphatic rings. The van der Waals surface area contributed by atoms with Crippen LogP contribution in [0, 0.1) is 0 Å². The van der Waals surface area contributed by atoms with Crippen LogP contribution in [-0.2, 0) is 6.67 Å². The van der Waals surface area contributed by atoms with Crippen molar-refractivity contribution in [3.8, 4) is 0 Å². The average molecular weight is 198 g/mol. The third-order valence-electron chi connectivity index (χ3n) is 2.02. The van der Waals surface area contributed by atoms with Gasteiger partial charge in [0, 0.05) is 17.8 Å². The van der Waals surface area contributed by atoms with Crippen molar-refractivity contribution in [1.82, 2.24) is 9.97 Å². The third kappa shape index (κ3) is 2.55. The summed E-state index contributed by atoms with van der Waals surface area (Å²) in [4.78, 5) is 7.68. The number of halogens is 1. The smallest absolute Gasteiger partial charge is 0.221 e. The molecule has 0 saturated carbocycles. The zero-order valence-electron chi connectivity index (χ0n) is 8.42. The molecule has 0 aliphatic carbocycles. The fraction of sp³-hybridized carbons (Fsp3) is 0.556. The van der Waals surface area contributed by atoms with E-state index < -0.39 is 6.67 Å². The minimum Gasteiger partial charge on any atom is -0.368 e. The van der Waals surface area contributed by atoms with E-state index in [1.165, 1.54) is 6.20 Å². The van der Waals surface area contributed by atoms with E-state index in [9.17, 15) is 4.39 Å². The number of aromatic nitrogens is 2. The minimum atomic E-state index is -0.584. The van der Waals surface area contributed by atoms with E-state index in [1.807, 2.05) is 13.8 Å². The van der Waals surface area contributed by atoms with Crippen LogP contribution in [0.25, 0.3) is 0 Å². The molecule has 4 nitrogen and oxygen atoms in total. The molecule has 0 aliphatic heterocycles. The Morgan fingerprint density at radius 2 is 2.36 bits per heavy atom.